The van der Waals surface area contributed by atoms with Gasteiger partial charge >= 0.3 is 12.0 Å². The number of halogens is 2. The summed E-state index contributed by atoms with van der Waals surface area (Å²) in [4.78, 5) is 32.6. The summed E-state index contributed by atoms with van der Waals surface area (Å²) in [6, 6.07) is 4.24. The maximum absolute atomic E-state index is 13.0. The van der Waals surface area contributed by atoms with E-state index in [2.05, 4.69) is 25.8 Å². The zero-order chi connectivity index (χ0) is 22.0. The van der Waals surface area contributed by atoms with Crippen molar-refractivity contribution in [2.75, 3.05) is 20.6 Å². The summed E-state index contributed by atoms with van der Waals surface area (Å²) in [5.41, 5.74) is 1.37. The normalized spacial score (nSPS) is 21.7. The van der Waals surface area contributed by atoms with Gasteiger partial charge in [0, 0.05) is 35.1 Å². The number of amidine groups is 1. The van der Waals surface area contributed by atoms with Crippen molar-refractivity contribution in [2.24, 2.45) is 15.5 Å². The van der Waals surface area contributed by atoms with E-state index in [0.717, 1.165) is 16.2 Å². The summed E-state index contributed by atoms with van der Waals surface area (Å²) >= 11 is 12.8. The molecule has 1 aromatic rings. The van der Waals surface area contributed by atoms with Gasteiger partial charge in [-0.15, -0.1) is 10.1 Å². The van der Waals surface area contributed by atoms with Crippen LogP contribution in [0, 0.1) is 5.41 Å². The molecule has 158 valence electrons. The van der Waals surface area contributed by atoms with E-state index in [9.17, 15) is 9.59 Å². The van der Waals surface area contributed by atoms with Gasteiger partial charge in [0.2, 0.25) is 11.9 Å². The summed E-state index contributed by atoms with van der Waals surface area (Å²) < 4.78 is 1.90. The van der Waals surface area contributed by atoms with E-state index in [0.29, 0.717) is 28.4 Å². The third-order valence-electron chi connectivity index (χ3n) is 5.54. The topological polar surface area (TPSA) is 71.6 Å². The van der Waals surface area contributed by atoms with Crippen LogP contribution in [0.25, 0.3) is 0 Å². The first kappa shape index (κ1) is 20.8. The molecule has 10 heteroatoms. The molecule has 1 saturated heterocycles. The molecule has 0 aromatic heterocycles. The Bertz CT molecular complexity index is 1040. The first-order valence-corrected chi connectivity index (χ1v) is 10.3. The number of carbonyl (C=O) groups excluding carboxylic acids is 2. The number of hydrogen-bond donors (Lipinski definition) is 0. The molecule has 1 aromatic carbocycles. The fraction of sp³-hybridized carbons (Fsp3) is 0.450. The SMILES string of the molecule is CN1C(=O)C2C(=NC3=[N+]2CC(C(C)(C)C)=NN3Cc2c(Cl)cccc2Cl)N(C)C1=O. The van der Waals surface area contributed by atoms with Crippen LogP contribution >= 0.6 is 23.2 Å². The highest BCUT2D eigenvalue weighted by atomic mass is 35.5. The minimum absolute atomic E-state index is 0.234. The number of urea groups is 1. The van der Waals surface area contributed by atoms with Crippen molar-refractivity contribution >= 4 is 52.6 Å². The summed E-state index contributed by atoms with van der Waals surface area (Å²) in [5, 5.41) is 7.61. The van der Waals surface area contributed by atoms with Crippen molar-refractivity contribution in [3.05, 3.63) is 33.8 Å². The van der Waals surface area contributed by atoms with Crippen molar-refractivity contribution in [3.8, 4) is 0 Å². The standard InChI is InChI=1S/C20H23Cl2N6O2/c1-20(2,3)14-10-27-15-16(25(4)19(30)26(5)17(15)29)23-18(27)28(24-14)9-11-12(21)7-6-8-13(11)22/h6-8,15H,9-10H2,1-5H3/q+1. The average molecular weight is 450 g/mol. The molecule has 1 fully saturated rings. The quantitative estimate of drug-likeness (QED) is 0.651. The Morgan fingerprint density at radius 3 is 2.37 bits per heavy atom. The molecule has 1 atom stereocenters. The van der Waals surface area contributed by atoms with Gasteiger partial charge in [-0.2, -0.15) is 0 Å². The molecular weight excluding hydrogens is 427 g/mol. The summed E-state index contributed by atoms with van der Waals surface area (Å²) in [6.07, 6.45) is 0. The highest BCUT2D eigenvalue weighted by Gasteiger charge is 2.54. The van der Waals surface area contributed by atoms with Gasteiger partial charge in [-0.05, 0) is 12.1 Å². The Labute approximate surface area is 185 Å². The van der Waals surface area contributed by atoms with Gasteiger partial charge in [-0.1, -0.05) is 55.0 Å². The number of benzene rings is 1. The second-order valence-corrected chi connectivity index (χ2v) is 9.41. The fourth-order valence-electron chi connectivity index (χ4n) is 3.66. The van der Waals surface area contributed by atoms with E-state index in [-0.39, 0.29) is 17.9 Å². The molecule has 1 unspecified atom stereocenters. The predicted octanol–water partition coefficient (Wildman–Crippen LogP) is 2.88. The van der Waals surface area contributed by atoms with Crippen LogP contribution < -0.4 is 0 Å². The van der Waals surface area contributed by atoms with Crippen molar-refractivity contribution in [2.45, 2.75) is 33.4 Å². The smallest absolute Gasteiger partial charge is 0.270 e. The third-order valence-corrected chi connectivity index (χ3v) is 6.25. The lowest BCUT2D eigenvalue weighted by molar-refractivity contribution is -0.528. The van der Waals surface area contributed by atoms with Gasteiger partial charge in [0.05, 0.1) is 5.71 Å². The number of nitrogens with zero attached hydrogens (tertiary/aromatic N) is 6. The molecule has 3 aliphatic heterocycles. The number of aliphatic imine (C=N–C) groups is 1. The Morgan fingerprint density at radius 2 is 1.77 bits per heavy atom. The van der Waals surface area contributed by atoms with Crippen LogP contribution in [-0.4, -0.2) is 75.5 Å². The highest BCUT2D eigenvalue weighted by Crippen LogP contribution is 2.30. The summed E-state index contributed by atoms with van der Waals surface area (Å²) in [7, 11) is 3.11. The van der Waals surface area contributed by atoms with E-state index in [4.69, 9.17) is 28.3 Å². The van der Waals surface area contributed by atoms with Gasteiger partial charge in [0.15, 0.2) is 0 Å². The molecule has 3 aliphatic rings. The summed E-state index contributed by atoms with van der Waals surface area (Å²) in [5.74, 6) is 0.596. The lowest BCUT2D eigenvalue weighted by Gasteiger charge is -2.33. The fourth-order valence-corrected chi connectivity index (χ4v) is 4.18. The van der Waals surface area contributed by atoms with E-state index < -0.39 is 12.1 Å². The van der Waals surface area contributed by atoms with Crippen molar-refractivity contribution < 1.29 is 14.2 Å². The minimum atomic E-state index is -0.676. The van der Waals surface area contributed by atoms with Crippen molar-refractivity contribution in [3.63, 3.8) is 0 Å². The third kappa shape index (κ3) is 3.18. The Kier molecular flexibility index (Phi) is 4.90. The maximum atomic E-state index is 13.0. The number of amides is 3. The van der Waals surface area contributed by atoms with Gasteiger partial charge in [0.1, 0.15) is 13.1 Å². The molecule has 4 rings (SSSR count). The number of hydrogen-bond acceptors (Lipinski definition) is 5. The molecule has 0 N–H and O–H groups in total. The number of imide groups is 1. The van der Waals surface area contributed by atoms with Gasteiger partial charge in [-0.25, -0.2) is 9.37 Å². The van der Waals surface area contributed by atoms with Crippen LogP contribution in [0.15, 0.2) is 28.3 Å². The number of guanidine groups is 1. The van der Waals surface area contributed by atoms with Crippen LogP contribution in [0.5, 0.6) is 0 Å². The van der Waals surface area contributed by atoms with Crippen LogP contribution in [0.1, 0.15) is 26.3 Å². The first-order valence-electron chi connectivity index (χ1n) is 9.56. The van der Waals surface area contributed by atoms with Crippen LogP contribution in [0.4, 0.5) is 4.79 Å². The Balaban J connectivity index is 1.82. The zero-order valence-corrected chi connectivity index (χ0v) is 19.0. The second-order valence-electron chi connectivity index (χ2n) is 8.59. The largest absolute Gasteiger partial charge is 0.417 e. The molecule has 30 heavy (non-hydrogen) atoms. The number of fused-ring (bicyclic) bond motifs is 2. The predicted molar refractivity (Wildman–Crippen MR) is 116 cm³/mol. The van der Waals surface area contributed by atoms with Gasteiger partial charge in [-0.3, -0.25) is 14.6 Å². The van der Waals surface area contributed by atoms with E-state index in [1.807, 2.05) is 4.58 Å². The minimum Gasteiger partial charge on any atom is -0.270 e. The molecule has 0 saturated carbocycles. The Hall–Kier alpha value is -2.45. The highest BCUT2D eigenvalue weighted by molar-refractivity contribution is 6.36. The van der Waals surface area contributed by atoms with E-state index in [1.165, 1.54) is 11.9 Å². The average Bonchev–Trinajstić information content (AvgIpc) is 3.06. The second kappa shape index (κ2) is 7.06. The molecular formula is C20H23Cl2N6O2+. The number of hydrazone groups is 1. The van der Waals surface area contributed by atoms with Crippen LogP contribution in [-0.2, 0) is 11.3 Å². The maximum Gasteiger partial charge on any atom is 0.417 e. The first-order chi connectivity index (χ1) is 14.0. The summed E-state index contributed by atoms with van der Waals surface area (Å²) in [6.45, 7) is 6.93. The van der Waals surface area contributed by atoms with Crippen molar-refractivity contribution in [1.82, 2.24) is 14.8 Å². The van der Waals surface area contributed by atoms with Gasteiger partial charge in [0.25, 0.3) is 5.91 Å². The monoisotopic (exact) mass is 449 g/mol. The van der Waals surface area contributed by atoms with Gasteiger partial charge < -0.3 is 0 Å². The van der Waals surface area contributed by atoms with Crippen LogP contribution in [0.3, 0.4) is 0 Å². The lowest BCUT2D eigenvalue weighted by Crippen LogP contribution is -2.62. The lowest BCUT2D eigenvalue weighted by atomic mass is 9.89. The van der Waals surface area contributed by atoms with E-state index in [1.54, 1.807) is 30.3 Å². The van der Waals surface area contributed by atoms with Crippen molar-refractivity contribution in [1.29, 1.82) is 0 Å². The molecule has 0 spiro atoms. The molecule has 3 amide bonds. The number of likely N-dealkylation sites (N-methyl/N-ethyl adjacent to an activating group) is 2. The number of carbonyl (C=O) groups is 2. The van der Waals surface area contributed by atoms with E-state index >= 15 is 0 Å². The molecule has 3 heterocycles. The van der Waals surface area contributed by atoms with Crippen LogP contribution in [0.2, 0.25) is 10.0 Å². The molecule has 8 nitrogen and oxygen atoms in total. The molecule has 0 aliphatic carbocycles. The Morgan fingerprint density at radius 1 is 1.13 bits per heavy atom. The molecule has 0 radical (unpaired) electrons. The number of rotatable bonds is 2. The molecule has 0 bridgehead atoms. The zero-order valence-electron chi connectivity index (χ0n) is 17.5.